The monoisotopic (exact) mass is 302 g/mol. The quantitative estimate of drug-likeness (QED) is 0.871. The number of nitrogens with one attached hydrogen (secondary N) is 1. The molecule has 1 N–H and O–H groups in total. The van der Waals surface area contributed by atoms with Crippen LogP contribution in [0.1, 0.15) is 48.8 Å². The molecule has 1 heterocycles. The van der Waals surface area contributed by atoms with Gasteiger partial charge in [0.2, 0.25) is 11.8 Å². The Morgan fingerprint density at radius 3 is 2.09 bits per heavy atom. The number of rotatable bonds is 3. The standard InChI is InChI=1S/C18H26N2O2/c1-13-10-14(2)18(15(3)11-13)19-16(21)12-17(22)20-8-6-4-5-7-9-20/h10-11H,4-9,12H2,1-3H3,(H,19,21). The number of hydrogen-bond donors (Lipinski definition) is 1. The third-order valence-electron chi connectivity index (χ3n) is 4.21. The molecule has 0 bridgehead atoms. The van der Waals surface area contributed by atoms with Crippen LogP contribution in [0.4, 0.5) is 5.69 Å². The fraction of sp³-hybridized carbons (Fsp3) is 0.556. The van der Waals surface area contributed by atoms with Gasteiger partial charge in [0.05, 0.1) is 0 Å². The smallest absolute Gasteiger partial charge is 0.233 e. The van der Waals surface area contributed by atoms with Crippen LogP contribution in [0.2, 0.25) is 0 Å². The Balaban J connectivity index is 1.96. The van der Waals surface area contributed by atoms with Crippen LogP contribution in [0.3, 0.4) is 0 Å². The highest BCUT2D eigenvalue weighted by molar-refractivity contribution is 6.04. The molecule has 0 spiro atoms. The topological polar surface area (TPSA) is 49.4 Å². The van der Waals surface area contributed by atoms with Gasteiger partial charge >= 0.3 is 0 Å². The number of likely N-dealkylation sites (tertiary alicyclic amines) is 1. The number of benzene rings is 1. The van der Waals surface area contributed by atoms with Gasteiger partial charge in [0.25, 0.3) is 0 Å². The molecule has 1 aliphatic heterocycles. The van der Waals surface area contributed by atoms with Crippen molar-refractivity contribution in [3.05, 3.63) is 28.8 Å². The van der Waals surface area contributed by atoms with Crippen LogP contribution in [-0.2, 0) is 9.59 Å². The summed E-state index contributed by atoms with van der Waals surface area (Å²) in [6, 6.07) is 4.08. The number of carbonyl (C=O) groups excluding carboxylic acids is 2. The van der Waals surface area contributed by atoms with E-state index in [-0.39, 0.29) is 18.2 Å². The average molecular weight is 302 g/mol. The van der Waals surface area contributed by atoms with E-state index in [0.717, 1.165) is 42.7 Å². The first-order valence-electron chi connectivity index (χ1n) is 8.13. The van der Waals surface area contributed by atoms with Crippen LogP contribution in [-0.4, -0.2) is 29.8 Å². The number of hydrogen-bond acceptors (Lipinski definition) is 2. The van der Waals surface area contributed by atoms with Crippen molar-refractivity contribution in [2.75, 3.05) is 18.4 Å². The van der Waals surface area contributed by atoms with Gasteiger partial charge in [-0.3, -0.25) is 9.59 Å². The van der Waals surface area contributed by atoms with E-state index in [4.69, 9.17) is 0 Å². The zero-order valence-corrected chi connectivity index (χ0v) is 13.9. The zero-order valence-electron chi connectivity index (χ0n) is 13.9. The summed E-state index contributed by atoms with van der Waals surface area (Å²) in [6.45, 7) is 7.57. The van der Waals surface area contributed by atoms with E-state index in [0.29, 0.717) is 0 Å². The molecule has 4 nitrogen and oxygen atoms in total. The SMILES string of the molecule is Cc1cc(C)c(NC(=O)CC(=O)N2CCCCCC2)c(C)c1. The van der Waals surface area contributed by atoms with Crippen LogP contribution in [0.5, 0.6) is 0 Å². The van der Waals surface area contributed by atoms with Crippen molar-refractivity contribution in [1.82, 2.24) is 4.90 Å². The molecule has 1 fully saturated rings. The largest absolute Gasteiger partial charge is 0.342 e. The molecule has 1 aromatic carbocycles. The predicted molar refractivity (Wildman–Crippen MR) is 88.9 cm³/mol. The van der Waals surface area contributed by atoms with Crippen LogP contribution in [0, 0.1) is 20.8 Å². The first-order valence-corrected chi connectivity index (χ1v) is 8.13. The Kier molecular flexibility index (Phi) is 5.58. The molecule has 0 aromatic heterocycles. The van der Waals surface area contributed by atoms with Gasteiger partial charge in [-0.2, -0.15) is 0 Å². The van der Waals surface area contributed by atoms with Crippen molar-refractivity contribution >= 4 is 17.5 Å². The predicted octanol–water partition coefficient (Wildman–Crippen LogP) is 3.34. The summed E-state index contributed by atoms with van der Waals surface area (Å²) in [4.78, 5) is 26.3. The lowest BCUT2D eigenvalue weighted by Crippen LogP contribution is -2.34. The van der Waals surface area contributed by atoms with Crippen molar-refractivity contribution in [2.24, 2.45) is 0 Å². The van der Waals surface area contributed by atoms with Gasteiger partial charge in [0.15, 0.2) is 0 Å². The molecule has 0 unspecified atom stereocenters. The van der Waals surface area contributed by atoms with Crippen molar-refractivity contribution in [1.29, 1.82) is 0 Å². The number of carbonyl (C=O) groups is 2. The summed E-state index contributed by atoms with van der Waals surface area (Å²) in [6.07, 6.45) is 4.38. The molecular formula is C18H26N2O2. The lowest BCUT2D eigenvalue weighted by molar-refractivity contribution is -0.134. The van der Waals surface area contributed by atoms with E-state index in [2.05, 4.69) is 5.32 Å². The molecule has 0 radical (unpaired) electrons. The second-order valence-corrected chi connectivity index (χ2v) is 6.29. The van der Waals surface area contributed by atoms with Gasteiger partial charge in [0.1, 0.15) is 6.42 Å². The lowest BCUT2D eigenvalue weighted by Gasteiger charge is -2.20. The number of aryl methyl sites for hydroxylation is 3. The third-order valence-corrected chi connectivity index (χ3v) is 4.21. The van der Waals surface area contributed by atoms with Crippen LogP contribution in [0.25, 0.3) is 0 Å². The van der Waals surface area contributed by atoms with Gasteiger partial charge in [-0.15, -0.1) is 0 Å². The maximum absolute atomic E-state index is 12.2. The second kappa shape index (κ2) is 7.43. The zero-order chi connectivity index (χ0) is 16.1. The van der Waals surface area contributed by atoms with E-state index >= 15 is 0 Å². The maximum Gasteiger partial charge on any atom is 0.233 e. The van der Waals surface area contributed by atoms with Gasteiger partial charge in [0, 0.05) is 18.8 Å². The lowest BCUT2D eigenvalue weighted by atomic mass is 10.0. The molecule has 1 aromatic rings. The molecule has 0 saturated carbocycles. The molecule has 22 heavy (non-hydrogen) atoms. The Hall–Kier alpha value is -1.84. The molecule has 1 saturated heterocycles. The Labute approximate surface area is 132 Å². The highest BCUT2D eigenvalue weighted by Crippen LogP contribution is 2.22. The van der Waals surface area contributed by atoms with E-state index < -0.39 is 0 Å². The average Bonchev–Trinajstić information content (AvgIpc) is 2.71. The summed E-state index contributed by atoms with van der Waals surface area (Å²) >= 11 is 0. The van der Waals surface area contributed by atoms with Crippen molar-refractivity contribution in [3.63, 3.8) is 0 Å². The summed E-state index contributed by atoms with van der Waals surface area (Å²) in [7, 11) is 0. The molecule has 0 atom stereocenters. The van der Waals surface area contributed by atoms with Gasteiger partial charge in [-0.05, 0) is 44.7 Å². The van der Waals surface area contributed by atoms with Crippen molar-refractivity contribution in [3.8, 4) is 0 Å². The minimum atomic E-state index is -0.218. The van der Waals surface area contributed by atoms with E-state index in [9.17, 15) is 9.59 Å². The minimum absolute atomic E-state index is 0.0539. The van der Waals surface area contributed by atoms with E-state index in [1.54, 1.807) is 0 Å². The summed E-state index contributed by atoms with van der Waals surface area (Å²) in [5.74, 6) is -0.272. The molecular weight excluding hydrogens is 276 g/mol. The summed E-state index contributed by atoms with van der Waals surface area (Å²) < 4.78 is 0. The second-order valence-electron chi connectivity index (χ2n) is 6.29. The minimum Gasteiger partial charge on any atom is -0.342 e. The maximum atomic E-state index is 12.2. The Morgan fingerprint density at radius 2 is 1.55 bits per heavy atom. The van der Waals surface area contributed by atoms with Gasteiger partial charge in [-0.25, -0.2) is 0 Å². The van der Waals surface area contributed by atoms with Crippen molar-refractivity contribution < 1.29 is 9.59 Å². The van der Waals surface area contributed by atoms with Crippen LogP contribution >= 0.6 is 0 Å². The highest BCUT2D eigenvalue weighted by Gasteiger charge is 2.19. The number of anilines is 1. The Bertz CT molecular complexity index is 535. The third kappa shape index (κ3) is 4.33. The number of nitrogens with zero attached hydrogens (tertiary/aromatic N) is 1. The van der Waals surface area contributed by atoms with Gasteiger partial charge < -0.3 is 10.2 Å². The molecule has 120 valence electrons. The molecule has 0 aliphatic carbocycles. The summed E-state index contributed by atoms with van der Waals surface area (Å²) in [5, 5.41) is 2.90. The van der Waals surface area contributed by atoms with Crippen molar-refractivity contribution in [2.45, 2.75) is 52.9 Å². The molecule has 4 heteroatoms. The molecule has 1 aliphatic rings. The first kappa shape index (κ1) is 16.5. The van der Waals surface area contributed by atoms with Gasteiger partial charge in [-0.1, -0.05) is 30.5 Å². The van der Waals surface area contributed by atoms with Crippen LogP contribution in [0.15, 0.2) is 12.1 Å². The highest BCUT2D eigenvalue weighted by atomic mass is 16.2. The summed E-state index contributed by atoms with van der Waals surface area (Å²) in [5.41, 5.74) is 4.08. The van der Waals surface area contributed by atoms with Crippen LogP contribution < -0.4 is 5.32 Å². The molecule has 2 amide bonds. The fourth-order valence-corrected chi connectivity index (χ4v) is 3.13. The fourth-order valence-electron chi connectivity index (χ4n) is 3.13. The number of amides is 2. The molecule has 2 rings (SSSR count). The normalized spacial score (nSPS) is 15.3. The Morgan fingerprint density at radius 1 is 1.00 bits per heavy atom. The van der Waals surface area contributed by atoms with E-state index in [1.165, 1.54) is 18.4 Å². The van der Waals surface area contributed by atoms with E-state index in [1.807, 2.05) is 37.8 Å². The first-order chi connectivity index (χ1) is 10.5.